The Morgan fingerprint density at radius 1 is 0.828 bits per heavy atom. The van der Waals surface area contributed by atoms with Crippen molar-refractivity contribution in [3.63, 3.8) is 0 Å². The summed E-state index contributed by atoms with van der Waals surface area (Å²) in [7, 11) is -3.84. The molecule has 29 heavy (non-hydrogen) atoms. The van der Waals surface area contributed by atoms with E-state index in [9.17, 15) is 13.2 Å². The Bertz CT molecular complexity index is 1040. The van der Waals surface area contributed by atoms with Gasteiger partial charge in [0.25, 0.3) is 0 Å². The second-order valence-corrected chi connectivity index (χ2v) is 9.48. The number of benzene rings is 3. The monoisotopic (exact) mass is 520 g/mol. The van der Waals surface area contributed by atoms with E-state index in [4.69, 9.17) is 0 Å². The smallest absolute Gasteiger partial charge is 0.241 e. The predicted molar refractivity (Wildman–Crippen MR) is 122 cm³/mol. The first-order valence-electron chi connectivity index (χ1n) is 9.07. The van der Waals surface area contributed by atoms with Gasteiger partial charge in [0.1, 0.15) is 6.04 Å². The number of halogens is 1. The number of hydrogen-bond donors (Lipinski definition) is 2. The molecule has 1 amide bonds. The van der Waals surface area contributed by atoms with E-state index in [0.717, 1.165) is 14.7 Å². The first kappa shape index (κ1) is 21.5. The Balaban J connectivity index is 1.78. The highest BCUT2D eigenvalue weighted by molar-refractivity contribution is 14.1. The average molecular weight is 520 g/mol. The van der Waals surface area contributed by atoms with Gasteiger partial charge in [-0.05, 0) is 64.4 Å². The van der Waals surface area contributed by atoms with Crippen LogP contribution in [-0.2, 0) is 27.8 Å². The number of sulfonamides is 1. The lowest BCUT2D eigenvalue weighted by Crippen LogP contribution is -2.47. The molecule has 7 heteroatoms. The second-order valence-electron chi connectivity index (χ2n) is 6.52. The molecule has 0 unspecified atom stereocenters. The van der Waals surface area contributed by atoms with Crippen LogP contribution in [0.3, 0.4) is 0 Å². The van der Waals surface area contributed by atoms with E-state index in [0.29, 0.717) is 6.54 Å². The van der Waals surface area contributed by atoms with Gasteiger partial charge < -0.3 is 5.32 Å². The van der Waals surface area contributed by atoms with Crippen LogP contribution in [0.15, 0.2) is 89.8 Å². The number of carbonyl (C=O) groups is 1. The van der Waals surface area contributed by atoms with Gasteiger partial charge in [-0.1, -0.05) is 60.7 Å². The van der Waals surface area contributed by atoms with Crippen molar-refractivity contribution in [3.05, 3.63) is 99.6 Å². The quantitative estimate of drug-likeness (QED) is 0.447. The Labute approximate surface area is 184 Å². The number of amides is 1. The van der Waals surface area contributed by atoms with Crippen LogP contribution in [0.5, 0.6) is 0 Å². The van der Waals surface area contributed by atoms with Gasteiger partial charge in [0, 0.05) is 10.1 Å². The SMILES string of the molecule is O=C(NCc1ccccc1)[C@@H](Cc1ccccc1)NS(=O)(=O)c1ccc(I)cc1. The summed E-state index contributed by atoms with van der Waals surface area (Å²) in [6, 6.07) is 24.4. The molecule has 0 fully saturated rings. The van der Waals surface area contributed by atoms with Crippen molar-refractivity contribution in [3.8, 4) is 0 Å². The molecule has 150 valence electrons. The lowest BCUT2D eigenvalue weighted by Gasteiger charge is -2.19. The maximum absolute atomic E-state index is 12.8. The lowest BCUT2D eigenvalue weighted by atomic mass is 10.1. The van der Waals surface area contributed by atoms with Crippen molar-refractivity contribution in [2.45, 2.75) is 23.9 Å². The maximum atomic E-state index is 12.8. The van der Waals surface area contributed by atoms with E-state index >= 15 is 0 Å². The topological polar surface area (TPSA) is 75.3 Å². The molecule has 0 saturated heterocycles. The van der Waals surface area contributed by atoms with E-state index in [-0.39, 0.29) is 17.2 Å². The second kappa shape index (κ2) is 10.00. The summed E-state index contributed by atoms with van der Waals surface area (Å²) in [5.74, 6) is -0.369. The van der Waals surface area contributed by atoms with Gasteiger partial charge in [0.05, 0.1) is 4.90 Å². The van der Waals surface area contributed by atoms with Crippen LogP contribution in [0.2, 0.25) is 0 Å². The number of nitrogens with one attached hydrogen (secondary N) is 2. The molecule has 2 N–H and O–H groups in total. The summed E-state index contributed by atoms with van der Waals surface area (Å²) in [5.41, 5.74) is 1.82. The van der Waals surface area contributed by atoms with Crippen LogP contribution in [0.25, 0.3) is 0 Å². The van der Waals surface area contributed by atoms with Gasteiger partial charge in [-0.2, -0.15) is 4.72 Å². The molecule has 0 aliphatic carbocycles. The van der Waals surface area contributed by atoms with E-state index in [1.54, 1.807) is 12.1 Å². The van der Waals surface area contributed by atoms with E-state index in [1.165, 1.54) is 12.1 Å². The molecule has 0 bridgehead atoms. The normalized spacial score (nSPS) is 12.3. The first-order chi connectivity index (χ1) is 13.9. The van der Waals surface area contributed by atoms with Crippen molar-refractivity contribution in [2.75, 3.05) is 0 Å². The Kier molecular flexibility index (Phi) is 7.40. The highest BCUT2D eigenvalue weighted by Crippen LogP contribution is 2.14. The van der Waals surface area contributed by atoms with Crippen molar-refractivity contribution in [2.24, 2.45) is 0 Å². The molecular formula is C22H21IN2O3S. The van der Waals surface area contributed by atoms with Gasteiger partial charge >= 0.3 is 0 Å². The molecule has 0 radical (unpaired) electrons. The van der Waals surface area contributed by atoms with Gasteiger partial charge in [0.15, 0.2) is 0 Å². The standard InChI is InChI=1S/C22H21IN2O3S/c23-19-11-13-20(14-12-19)29(27,28)25-21(15-17-7-3-1-4-8-17)22(26)24-16-18-9-5-2-6-10-18/h1-14,21,25H,15-16H2,(H,24,26)/t21-/m1/s1. The third-order valence-electron chi connectivity index (χ3n) is 4.33. The van der Waals surface area contributed by atoms with Crippen LogP contribution in [-0.4, -0.2) is 20.4 Å². The van der Waals surface area contributed by atoms with E-state index in [1.807, 2.05) is 60.7 Å². The summed E-state index contributed by atoms with van der Waals surface area (Å²) in [5, 5.41) is 2.84. The molecule has 5 nitrogen and oxygen atoms in total. The highest BCUT2D eigenvalue weighted by atomic mass is 127. The largest absolute Gasteiger partial charge is 0.351 e. The predicted octanol–water partition coefficient (Wildman–Crippen LogP) is 3.50. The molecule has 3 rings (SSSR count). The molecule has 0 aromatic heterocycles. The Morgan fingerprint density at radius 3 is 1.97 bits per heavy atom. The molecule has 0 heterocycles. The van der Waals surface area contributed by atoms with Crippen LogP contribution in [0.4, 0.5) is 0 Å². The molecule has 3 aromatic rings. The van der Waals surface area contributed by atoms with Crippen molar-refractivity contribution in [1.29, 1.82) is 0 Å². The molecule has 1 atom stereocenters. The summed E-state index contributed by atoms with van der Waals surface area (Å²) in [6.45, 7) is 0.330. The maximum Gasteiger partial charge on any atom is 0.241 e. The van der Waals surface area contributed by atoms with Crippen LogP contribution < -0.4 is 10.0 Å². The van der Waals surface area contributed by atoms with Gasteiger partial charge in [0.2, 0.25) is 15.9 Å². The fraction of sp³-hybridized carbons (Fsp3) is 0.136. The summed E-state index contributed by atoms with van der Waals surface area (Å²) in [6.07, 6.45) is 0.255. The highest BCUT2D eigenvalue weighted by Gasteiger charge is 2.26. The molecular weight excluding hydrogens is 499 g/mol. The third-order valence-corrected chi connectivity index (χ3v) is 6.54. The lowest BCUT2D eigenvalue weighted by molar-refractivity contribution is -0.122. The van der Waals surface area contributed by atoms with E-state index < -0.39 is 16.1 Å². The average Bonchev–Trinajstić information content (AvgIpc) is 2.73. The molecule has 0 aliphatic heterocycles. The third kappa shape index (κ3) is 6.38. The zero-order valence-electron chi connectivity index (χ0n) is 15.6. The van der Waals surface area contributed by atoms with Crippen molar-refractivity contribution >= 4 is 38.5 Å². The van der Waals surface area contributed by atoms with Crippen LogP contribution >= 0.6 is 22.6 Å². The zero-order valence-corrected chi connectivity index (χ0v) is 18.6. The number of carbonyl (C=O) groups excluding carboxylic acids is 1. The molecule has 3 aromatic carbocycles. The van der Waals surface area contributed by atoms with Crippen molar-refractivity contribution < 1.29 is 13.2 Å². The first-order valence-corrected chi connectivity index (χ1v) is 11.6. The van der Waals surface area contributed by atoms with Crippen LogP contribution in [0, 0.1) is 3.57 Å². The summed E-state index contributed by atoms with van der Waals surface area (Å²) < 4.78 is 29.2. The summed E-state index contributed by atoms with van der Waals surface area (Å²) in [4.78, 5) is 13.0. The minimum absolute atomic E-state index is 0.131. The van der Waals surface area contributed by atoms with Gasteiger partial charge in [-0.3, -0.25) is 4.79 Å². The molecule has 0 aliphatic rings. The minimum Gasteiger partial charge on any atom is -0.351 e. The van der Waals surface area contributed by atoms with Gasteiger partial charge in [-0.15, -0.1) is 0 Å². The van der Waals surface area contributed by atoms with E-state index in [2.05, 4.69) is 32.6 Å². The summed E-state index contributed by atoms with van der Waals surface area (Å²) >= 11 is 2.11. The number of rotatable bonds is 8. The van der Waals surface area contributed by atoms with Crippen molar-refractivity contribution in [1.82, 2.24) is 10.0 Å². The van der Waals surface area contributed by atoms with Crippen LogP contribution in [0.1, 0.15) is 11.1 Å². The Morgan fingerprint density at radius 2 is 1.38 bits per heavy atom. The fourth-order valence-corrected chi connectivity index (χ4v) is 4.37. The fourth-order valence-electron chi connectivity index (χ4n) is 2.81. The Hall–Kier alpha value is -2.23. The number of hydrogen-bond acceptors (Lipinski definition) is 3. The van der Waals surface area contributed by atoms with Gasteiger partial charge in [-0.25, -0.2) is 8.42 Å². The zero-order chi connectivity index (χ0) is 20.7. The minimum atomic E-state index is -3.84. The molecule has 0 saturated carbocycles. The molecule has 0 spiro atoms.